The molecule has 1 aromatic carbocycles. The molecule has 7 nitrogen and oxygen atoms in total. The Labute approximate surface area is 214 Å². The SMILES string of the molecule is CCNC(=O)CCC/C=C\C[C@H]1C(OC(=O)CCC(=O)O)CC[C@@H]1/C=C/[C@@H](O)CCc1ccccc1. The van der Waals surface area contributed by atoms with Gasteiger partial charge in [0.2, 0.25) is 5.91 Å². The van der Waals surface area contributed by atoms with Crippen LogP contribution in [0.2, 0.25) is 0 Å². The smallest absolute Gasteiger partial charge is 0.306 e. The predicted molar refractivity (Wildman–Crippen MR) is 139 cm³/mol. The van der Waals surface area contributed by atoms with Gasteiger partial charge in [0.05, 0.1) is 18.9 Å². The van der Waals surface area contributed by atoms with Gasteiger partial charge < -0.3 is 20.3 Å². The first kappa shape index (κ1) is 29.3. The van der Waals surface area contributed by atoms with E-state index in [1.165, 1.54) is 5.56 Å². The van der Waals surface area contributed by atoms with Crippen LogP contribution < -0.4 is 5.32 Å². The molecule has 198 valence electrons. The summed E-state index contributed by atoms with van der Waals surface area (Å²) in [6.45, 7) is 2.54. The number of esters is 1. The van der Waals surface area contributed by atoms with Crippen molar-refractivity contribution in [2.24, 2.45) is 11.8 Å². The zero-order valence-electron chi connectivity index (χ0n) is 21.3. The van der Waals surface area contributed by atoms with Crippen molar-refractivity contribution >= 4 is 17.8 Å². The minimum absolute atomic E-state index is 0.0612. The van der Waals surface area contributed by atoms with E-state index in [1.54, 1.807) is 0 Å². The second-order valence-electron chi connectivity index (χ2n) is 9.36. The van der Waals surface area contributed by atoms with Gasteiger partial charge in [0.15, 0.2) is 0 Å². The number of unbranched alkanes of at least 4 members (excludes halogenated alkanes) is 1. The number of ether oxygens (including phenoxy) is 1. The normalized spacial score (nSPS) is 20.6. The molecule has 0 heterocycles. The lowest BCUT2D eigenvalue weighted by atomic mass is 9.90. The third kappa shape index (κ3) is 11.7. The number of aryl methyl sites for hydroxylation is 1. The minimum atomic E-state index is -1.02. The van der Waals surface area contributed by atoms with Crippen LogP contribution in [0.3, 0.4) is 0 Å². The number of amides is 1. The number of aliphatic hydroxyl groups excluding tert-OH is 1. The largest absolute Gasteiger partial charge is 0.481 e. The molecule has 0 spiro atoms. The highest BCUT2D eigenvalue weighted by Gasteiger charge is 2.36. The molecule has 0 aliphatic heterocycles. The van der Waals surface area contributed by atoms with Crippen molar-refractivity contribution in [3.8, 4) is 0 Å². The average Bonchev–Trinajstić information content (AvgIpc) is 3.24. The summed E-state index contributed by atoms with van der Waals surface area (Å²) in [5, 5.41) is 22.1. The molecule has 1 aliphatic rings. The highest BCUT2D eigenvalue weighted by atomic mass is 16.5. The maximum atomic E-state index is 12.2. The first-order valence-corrected chi connectivity index (χ1v) is 13.1. The van der Waals surface area contributed by atoms with Gasteiger partial charge in [0, 0.05) is 18.9 Å². The monoisotopic (exact) mass is 499 g/mol. The van der Waals surface area contributed by atoms with Crippen molar-refractivity contribution in [3.05, 3.63) is 60.2 Å². The first-order valence-electron chi connectivity index (χ1n) is 13.1. The number of hydrogen-bond donors (Lipinski definition) is 3. The van der Waals surface area contributed by atoms with Gasteiger partial charge in [-0.2, -0.15) is 0 Å². The van der Waals surface area contributed by atoms with Crippen LogP contribution in [0.4, 0.5) is 0 Å². The van der Waals surface area contributed by atoms with Gasteiger partial charge in [-0.05, 0) is 63.4 Å². The molecular formula is C29H41NO6. The zero-order valence-corrected chi connectivity index (χ0v) is 21.3. The molecule has 1 aliphatic carbocycles. The van der Waals surface area contributed by atoms with Crippen LogP contribution in [-0.4, -0.2) is 46.8 Å². The zero-order chi connectivity index (χ0) is 26.2. The number of nitrogens with one attached hydrogen (secondary N) is 1. The quantitative estimate of drug-likeness (QED) is 0.174. The van der Waals surface area contributed by atoms with Gasteiger partial charge in [-0.25, -0.2) is 0 Å². The fourth-order valence-corrected chi connectivity index (χ4v) is 4.57. The van der Waals surface area contributed by atoms with Gasteiger partial charge in [-0.3, -0.25) is 14.4 Å². The van der Waals surface area contributed by atoms with E-state index in [0.717, 1.165) is 25.7 Å². The van der Waals surface area contributed by atoms with Crippen LogP contribution >= 0.6 is 0 Å². The Kier molecular flexibility index (Phi) is 13.6. The Hall–Kier alpha value is -2.93. The number of carbonyl (C=O) groups is 3. The standard InChI is InChI=1S/C29H41NO6/c1-2-30-27(32)13-9-4-3-8-12-25-23(16-19-26(25)36-29(35)21-20-28(33)34)15-18-24(31)17-14-22-10-6-5-7-11-22/h3,5-8,10-11,15,18,23-26,31H,2,4,9,12-14,16-17,19-21H2,1H3,(H,30,32)(H,33,34)/b8-3-,18-15+/t23-,24-,25+,26?/m0/s1. The summed E-state index contributed by atoms with van der Waals surface area (Å²) in [5.41, 5.74) is 1.19. The Morgan fingerprint density at radius 1 is 1.11 bits per heavy atom. The summed E-state index contributed by atoms with van der Waals surface area (Å²) >= 11 is 0. The highest BCUT2D eigenvalue weighted by molar-refractivity contribution is 5.76. The molecule has 2 rings (SSSR count). The summed E-state index contributed by atoms with van der Waals surface area (Å²) in [6, 6.07) is 10.1. The number of aliphatic carboxylic acids is 1. The summed E-state index contributed by atoms with van der Waals surface area (Å²) in [6.07, 6.45) is 12.6. The fraction of sp³-hybridized carbons (Fsp3) is 0.552. The Morgan fingerprint density at radius 2 is 1.89 bits per heavy atom. The summed E-state index contributed by atoms with van der Waals surface area (Å²) in [4.78, 5) is 34.5. The fourth-order valence-electron chi connectivity index (χ4n) is 4.57. The molecule has 0 bridgehead atoms. The lowest BCUT2D eigenvalue weighted by molar-refractivity contribution is -0.153. The third-order valence-corrected chi connectivity index (χ3v) is 6.51. The number of rotatable bonds is 16. The molecule has 1 saturated carbocycles. The molecule has 1 amide bonds. The molecule has 0 aromatic heterocycles. The molecule has 36 heavy (non-hydrogen) atoms. The summed E-state index contributed by atoms with van der Waals surface area (Å²) < 4.78 is 5.67. The van der Waals surface area contributed by atoms with Crippen molar-refractivity contribution in [2.75, 3.05) is 6.54 Å². The summed E-state index contributed by atoms with van der Waals surface area (Å²) in [7, 11) is 0. The van der Waals surface area contributed by atoms with Crippen LogP contribution in [0.1, 0.15) is 70.3 Å². The van der Waals surface area contributed by atoms with E-state index in [4.69, 9.17) is 9.84 Å². The Morgan fingerprint density at radius 3 is 2.61 bits per heavy atom. The molecular weight excluding hydrogens is 458 g/mol. The molecule has 1 aromatic rings. The number of benzene rings is 1. The number of carbonyl (C=O) groups excluding carboxylic acids is 2. The third-order valence-electron chi connectivity index (χ3n) is 6.51. The van der Waals surface area contributed by atoms with Crippen molar-refractivity contribution in [1.29, 1.82) is 0 Å². The second-order valence-corrected chi connectivity index (χ2v) is 9.36. The molecule has 1 fully saturated rings. The van der Waals surface area contributed by atoms with Gasteiger partial charge in [-0.15, -0.1) is 0 Å². The molecule has 1 unspecified atom stereocenters. The van der Waals surface area contributed by atoms with E-state index >= 15 is 0 Å². The number of carboxylic acids is 1. The lowest BCUT2D eigenvalue weighted by Gasteiger charge is -2.22. The number of carboxylic acid groups (broad SMARTS) is 1. The van der Waals surface area contributed by atoms with E-state index in [1.807, 2.05) is 37.3 Å². The van der Waals surface area contributed by atoms with Gasteiger partial charge in [0.1, 0.15) is 6.10 Å². The van der Waals surface area contributed by atoms with Crippen LogP contribution in [0.25, 0.3) is 0 Å². The van der Waals surface area contributed by atoms with Crippen molar-refractivity contribution < 1.29 is 29.3 Å². The highest BCUT2D eigenvalue weighted by Crippen LogP contribution is 2.38. The van der Waals surface area contributed by atoms with Gasteiger partial charge in [0.25, 0.3) is 0 Å². The topological polar surface area (TPSA) is 113 Å². The molecule has 4 atom stereocenters. The van der Waals surface area contributed by atoms with E-state index in [0.29, 0.717) is 32.2 Å². The minimum Gasteiger partial charge on any atom is -0.481 e. The predicted octanol–water partition coefficient (Wildman–Crippen LogP) is 4.59. The van der Waals surface area contributed by atoms with E-state index in [9.17, 15) is 19.5 Å². The maximum Gasteiger partial charge on any atom is 0.306 e. The van der Waals surface area contributed by atoms with E-state index in [-0.39, 0.29) is 36.7 Å². The molecule has 0 radical (unpaired) electrons. The molecule has 7 heteroatoms. The van der Waals surface area contributed by atoms with Crippen LogP contribution in [-0.2, 0) is 25.5 Å². The van der Waals surface area contributed by atoms with Gasteiger partial charge in [-0.1, -0.05) is 54.6 Å². The van der Waals surface area contributed by atoms with Crippen LogP contribution in [0, 0.1) is 11.8 Å². The molecule has 0 saturated heterocycles. The van der Waals surface area contributed by atoms with Crippen molar-refractivity contribution in [1.82, 2.24) is 5.32 Å². The maximum absolute atomic E-state index is 12.2. The van der Waals surface area contributed by atoms with Gasteiger partial charge >= 0.3 is 11.9 Å². The molecule has 3 N–H and O–H groups in total. The Bertz CT molecular complexity index is 866. The van der Waals surface area contributed by atoms with Crippen molar-refractivity contribution in [2.45, 2.75) is 83.3 Å². The van der Waals surface area contributed by atoms with Crippen molar-refractivity contribution in [3.63, 3.8) is 0 Å². The lowest BCUT2D eigenvalue weighted by Crippen LogP contribution is -2.25. The van der Waals surface area contributed by atoms with E-state index in [2.05, 4.69) is 29.6 Å². The Balaban J connectivity index is 1.91. The average molecular weight is 500 g/mol. The summed E-state index contributed by atoms with van der Waals surface area (Å²) in [5.74, 6) is -1.21. The number of aliphatic hydroxyl groups is 1. The van der Waals surface area contributed by atoms with Crippen LogP contribution in [0.15, 0.2) is 54.6 Å². The number of allylic oxidation sites excluding steroid dienone is 3. The van der Waals surface area contributed by atoms with Crippen LogP contribution in [0.5, 0.6) is 0 Å². The van der Waals surface area contributed by atoms with E-state index < -0.39 is 18.0 Å². The second kappa shape index (κ2) is 16.7. The first-order chi connectivity index (χ1) is 17.4. The number of hydrogen-bond acceptors (Lipinski definition) is 5.